The fourth-order valence-corrected chi connectivity index (χ4v) is 7.25. The molecule has 0 radical (unpaired) electrons. The molecule has 15 heteroatoms. The lowest BCUT2D eigenvalue weighted by atomic mass is 10.0. The van der Waals surface area contributed by atoms with Crippen LogP contribution in [-0.2, 0) is 27.2 Å². The van der Waals surface area contributed by atoms with Crippen LogP contribution < -0.4 is 14.5 Å². The van der Waals surface area contributed by atoms with Crippen molar-refractivity contribution in [3.63, 3.8) is 0 Å². The van der Waals surface area contributed by atoms with E-state index < -0.39 is 24.1 Å². The molecule has 1 amide bonds. The van der Waals surface area contributed by atoms with Gasteiger partial charge in [0, 0.05) is 49.5 Å². The van der Waals surface area contributed by atoms with Crippen molar-refractivity contribution < 1.29 is 47.8 Å². The number of thioether (sulfide) groups is 1. The average molecular weight is 741 g/mol. The molecule has 2 aliphatic heterocycles. The number of aromatic amines is 1. The Kier molecular flexibility index (Phi) is 13.0. The Balaban J connectivity index is 0.00000468. The van der Waals surface area contributed by atoms with E-state index in [9.17, 15) is 18.4 Å². The fourth-order valence-electron chi connectivity index (χ4n) is 5.62. The molecule has 3 aliphatic rings. The van der Waals surface area contributed by atoms with Crippen molar-refractivity contribution in [1.29, 1.82) is 0 Å². The molecule has 2 atom stereocenters. The number of pyridine rings is 1. The number of hydrogen-bond donors (Lipinski definition) is 0. The van der Waals surface area contributed by atoms with E-state index in [0.717, 1.165) is 38.0 Å². The highest BCUT2D eigenvalue weighted by Gasteiger charge is 2.38. The standard InChI is InChI=1S/C34H35Cl2F2N3O6S.H2O/c35-26-17-39-18-27(36)25(26)16-29(24-7-8-28(47-34(37)38)30(15-24)45-20-22-1-2-22)46-33(43)32-41(11-14-48-32)31(42)23-5-3-21(4-6-23)19-40-9-12-44-13-10-40;/h3-8,15,17-18,22,29,32,34H,1-2,9-14,16,19-20H2;1H2/t29-,32-;/m0./s1. The van der Waals surface area contributed by atoms with Crippen molar-refractivity contribution in [2.75, 3.05) is 45.2 Å². The summed E-state index contributed by atoms with van der Waals surface area (Å²) in [5, 5.41) is -0.235. The lowest BCUT2D eigenvalue weighted by Crippen LogP contribution is -2.40. The highest BCUT2D eigenvalue weighted by atomic mass is 35.5. The molecule has 2 N–H and O–H groups in total. The highest BCUT2D eigenvalue weighted by molar-refractivity contribution is 8.00. The second kappa shape index (κ2) is 17.1. The molecule has 3 aromatic rings. The molecular formula is C34H37Cl2F2N3O7S. The van der Waals surface area contributed by atoms with Crippen LogP contribution in [0.2, 0.25) is 10.0 Å². The molecule has 2 saturated heterocycles. The van der Waals surface area contributed by atoms with Crippen LogP contribution in [0.1, 0.15) is 46.0 Å². The number of halogens is 4. The number of amides is 1. The zero-order chi connectivity index (χ0) is 33.6. The summed E-state index contributed by atoms with van der Waals surface area (Å²) in [6, 6.07) is 11.9. The van der Waals surface area contributed by atoms with Crippen molar-refractivity contribution in [3.8, 4) is 11.5 Å². The molecule has 264 valence electrons. The molecule has 1 aromatic heterocycles. The molecule has 6 rings (SSSR count). The molecule has 1 saturated carbocycles. The fraction of sp³-hybridized carbons (Fsp3) is 0.441. The number of benzene rings is 2. The molecule has 3 fully saturated rings. The maximum Gasteiger partial charge on any atom is 0.387 e. The third-order valence-electron chi connectivity index (χ3n) is 8.44. The maximum atomic E-state index is 13.9. The van der Waals surface area contributed by atoms with Crippen molar-refractivity contribution in [3.05, 3.63) is 87.2 Å². The van der Waals surface area contributed by atoms with E-state index in [1.165, 1.54) is 28.8 Å². The predicted octanol–water partition coefficient (Wildman–Crippen LogP) is 5.90. The number of esters is 1. The second-order valence-electron chi connectivity index (χ2n) is 11.9. The number of H-pyrrole nitrogens is 1. The first-order valence-corrected chi connectivity index (χ1v) is 17.6. The summed E-state index contributed by atoms with van der Waals surface area (Å²) in [6.07, 6.45) is 4.25. The second-order valence-corrected chi connectivity index (χ2v) is 13.9. The zero-order valence-corrected chi connectivity index (χ0v) is 28.8. The van der Waals surface area contributed by atoms with Crippen LogP contribution in [0, 0.1) is 5.92 Å². The Morgan fingerprint density at radius 1 is 1.00 bits per heavy atom. The van der Waals surface area contributed by atoms with Crippen LogP contribution in [0.5, 0.6) is 11.5 Å². The van der Waals surface area contributed by atoms with Gasteiger partial charge in [-0.3, -0.25) is 9.69 Å². The summed E-state index contributed by atoms with van der Waals surface area (Å²) in [6.45, 7) is 1.58. The number of carbonyl (C=O) groups excluding carboxylic acids is 2. The van der Waals surface area contributed by atoms with Crippen molar-refractivity contribution in [1.82, 2.24) is 9.80 Å². The summed E-state index contributed by atoms with van der Waals surface area (Å²) in [5.41, 5.74) is 2.55. The summed E-state index contributed by atoms with van der Waals surface area (Å²) < 4.78 is 48.6. The van der Waals surface area contributed by atoms with Gasteiger partial charge in [0.25, 0.3) is 5.91 Å². The van der Waals surface area contributed by atoms with E-state index in [-0.39, 0.29) is 29.3 Å². The third kappa shape index (κ3) is 9.74. The monoisotopic (exact) mass is 739 g/mol. The Morgan fingerprint density at radius 3 is 2.39 bits per heavy atom. The van der Waals surface area contributed by atoms with Crippen molar-refractivity contribution in [2.24, 2.45) is 5.92 Å². The van der Waals surface area contributed by atoms with Crippen molar-refractivity contribution in [2.45, 2.75) is 43.9 Å². The quantitative estimate of drug-likeness (QED) is 0.198. The Morgan fingerprint density at radius 2 is 1.71 bits per heavy atom. The number of morpholine rings is 1. The van der Waals surface area contributed by atoms with Gasteiger partial charge in [-0.15, -0.1) is 11.8 Å². The SMILES string of the molecule is O=C(O[C@@H](Cc1c(Cl)c[nH+]cc1Cl)c1ccc(OC(F)F)c(OCC2CC2)c1)[C@@H]1SCCN1C(=O)c1ccc(CN2CCOCC2)cc1.[OH-]. The van der Waals surface area contributed by atoms with Crippen LogP contribution in [-0.4, -0.2) is 84.3 Å². The van der Waals surface area contributed by atoms with E-state index in [1.54, 1.807) is 30.6 Å². The van der Waals surface area contributed by atoms with Gasteiger partial charge in [0.1, 0.15) is 16.1 Å². The number of ether oxygens (including phenoxy) is 4. The van der Waals surface area contributed by atoms with E-state index in [1.807, 2.05) is 12.1 Å². The van der Waals surface area contributed by atoms with Crippen LogP contribution in [0.3, 0.4) is 0 Å². The average Bonchev–Trinajstić information content (AvgIpc) is 3.78. The van der Waals surface area contributed by atoms with Gasteiger partial charge in [-0.05, 0) is 54.2 Å². The van der Waals surface area contributed by atoms with Crippen LogP contribution >= 0.6 is 35.0 Å². The Labute approximate surface area is 297 Å². The van der Waals surface area contributed by atoms with E-state index in [4.69, 9.17) is 42.1 Å². The lowest BCUT2D eigenvalue weighted by Gasteiger charge is -2.27. The molecule has 10 nitrogen and oxygen atoms in total. The minimum atomic E-state index is -3.05. The van der Waals surface area contributed by atoms with Gasteiger partial charge in [0.15, 0.2) is 29.3 Å². The molecule has 0 spiro atoms. The number of nitrogens with zero attached hydrogens (tertiary/aromatic N) is 2. The zero-order valence-electron chi connectivity index (χ0n) is 26.5. The smallest absolute Gasteiger partial charge is 0.387 e. The number of nitrogens with one attached hydrogen (secondary N) is 1. The number of alkyl halides is 2. The number of hydrogen-bond acceptors (Lipinski definition) is 9. The van der Waals surface area contributed by atoms with Gasteiger partial charge >= 0.3 is 12.6 Å². The third-order valence-corrected chi connectivity index (χ3v) is 10.3. The van der Waals surface area contributed by atoms with Crippen molar-refractivity contribution >= 4 is 46.8 Å². The summed E-state index contributed by atoms with van der Waals surface area (Å²) in [7, 11) is 0. The van der Waals surface area contributed by atoms with Gasteiger partial charge in [-0.25, -0.2) is 9.78 Å². The first-order chi connectivity index (χ1) is 23.2. The van der Waals surface area contributed by atoms with E-state index >= 15 is 0 Å². The number of aromatic nitrogens is 1. The van der Waals surface area contributed by atoms with Gasteiger partial charge in [0.2, 0.25) is 0 Å². The molecule has 2 aromatic carbocycles. The maximum absolute atomic E-state index is 13.9. The largest absolute Gasteiger partial charge is 0.870 e. The van der Waals surface area contributed by atoms with Crippen LogP contribution in [0.15, 0.2) is 54.9 Å². The van der Waals surface area contributed by atoms with E-state index in [0.29, 0.717) is 64.8 Å². The van der Waals surface area contributed by atoms with Gasteiger partial charge in [-0.1, -0.05) is 41.4 Å². The highest BCUT2D eigenvalue weighted by Crippen LogP contribution is 2.38. The van der Waals surface area contributed by atoms with Crippen LogP contribution in [0.25, 0.3) is 0 Å². The summed E-state index contributed by atoms with van der Waals surface area (Å²) >= 11 is 14.3. The number of rotatable bonds is 13. The Hall–Kier alpha value is -3.20. The first kappa shape index (κ1) is 37.1. The molecule has 49 heavy (non-hydrogen) atoms. The van der Waals surface area contributed by atoms with Gasteiger partial charge < -0.3 is 29.3 Å². The molecule has 0 unspecified atom stereocenters. The minimum absolute atomic E-state index is 0. The Bertz CT molecular complexity index is 1580. The molecule has 1 aliphatic carbocycles. The predicted molar refractivity (Wildman–Crippen MR) is 179 cm³/mol. The molecular weight excluding hydrogens is 703 g/mol. The first-order valence-electron chi connectivity index (χ1n) is 15.8. The van der Waals surface area contributed by atoms with Crippen LogP contribution in [0.4, 0.5) is 8.78 Å². The topological polar surface area (TPSA) is 122 Å². The summed E-state index contributed by atoms with van der Waals surface area (Å²) in [5.74, 6) is 0.000374. The minimum Gasteiger partial charge on any atom is -0.870 e. The lowest BCUT2D eigenvalue weighted by molar-refractivity contribution is -0.377. The molecule has 3 heterocycles. The number of carbonyl (C=O) groups is 2. The van der Waals surface area contributed by atoms with Gasteiger partial charge in [0.05, 0.1) is 19.8 Å². The van der Waals surface area contributed by atoms with Gasteiger partial charge in [-0.2, -0.15) is 8.78 Å². The normalized spacial score (nSPS) is 18.6. The molecule has 0 bridgehead atoms. The summed E-state index contributed by atoms with van der Waals surface area (Å²) in [4.78, 5) is 34.2. The van der Waals surface area contributed by atoms with E-state index in [2.05, 4.69) is 9.88 Å².